The summed E-state index contributed by atoms with van der Waals surface area (Å²) in [5.74, 6) is 0.479. The molecule has 3 aromatic rings. The molecule has 2 amide bonds. The van der Waals surface area contributed by atoms with Crippen molar-refractivity contribution < 1.29 is 9.59 Å². The van der Waals surface area contributed by atoms with E-state index < -0.39 is 0 Å². The van der Waals surface area contributed by atoms with Crippen LogP contribution < -0.4 is 20.9 Å². The molecule has 2 fully saturated rings. The van der Waals surface area contributed by atoms with Crippen molar-refractivity contribution in [2.45, 2.75) is 25.7 Å². The number of aromatic nitrogens is 3. The second kappa shape index (κ2) is 12.3. The fourth-order valence-corrected chi connectivity index (χ4v) is 5.29. The van der Waals surface area contributed by atoms with Crippen LogP contribution in [0, 0.1) is 17.2 Å². The van der Waals surface area contributed by atoms with E-state index in [1.807, 2.05) is 36.4 Å². The number of amides is 2. The van der Waals surface area contributed by atoms with E-state index in [1.165, 1.54) is 4.57 Å². The summed E-state index contributed by atoms with van der Waals surface area (Å²) in [6.07, 6.45) is 2.39. The van der Waals surface area contributed by atoms with Crippen LogP contribution in [-0.4, -0.2) is 77.7 Å². The fraction of sp³-hybridized carbons (Fsp3) is 0.444. The average molecular weight is 552 g/mol. The fourth-order valence-electron chi connectivity index (χ4n) is 5.29. The normalized spacial score (nSPS) is 19.2. The molecule has 11 nitrogen and oxygen atoms in total. The van der Waals surface area contributed by atoms with E-state index >= 15 is 0 Å². The number of piperidine rings is 1. The summed E-state index contributed by atoms with van der Waals surface area (Å²) < 4.78 is 1.50. The summed E-state index contributed by atoms with van der Waals surface area (Å²) >= 11 is 0. The highest BCUT2D eigenvalue weighted by atomic mass is 35.5. The van der Waals surface area contributed by atoms with E-state index in [0.29, 0.717) is 30.4 Å². The van der Waals surface area contributed by atoms with Crippen LogP contribution in [0.2, 0.25) is 0 Å². The van der Waals surface area contributed by atoms with Crippen LogP contribution in [0.1, 0.15) is 31.4 Å². The highest BCUT2D eigenvalue weighted by molar-refractivity contribution is 5.98. The number of nitrogens with one attached hydrogen (secondary N) is 3. The Morgan fingerprint density at radius 3 is 2.56 bits per heavy atom. The van der Waals surface area contributed by atoms with E-state index in [1.54, 1.807) is 18.1 Å². The number of fused-ring (bicyclic) bond motifs is 1. The molecule has 2 saturated heterocycles. The van der Waals surface area contributed by atoms with Crippen LogP contribution in [0.5, 0.6) is 0 Å². The van der Waals surface area contributed by atoms with E-state index in [-0.39, 0.29) is 42.6 Å². The van der Waals surface area contributed by atoms with Crippen molar-refractivity contribution in [1.29, 1.82) is 5.26 Å². The van der Waals surface area contributed by atoms with E-state index in [2.05, 4.69) is 32.8 Å². The molecule has 2 aliphatic heterocycles. The molecular weight excluding hydrogens is 518 g/mol. The number of hydrogen-bond acceptors (Lipinski definition) is 8. The summed E-state index contributed by atoms with van der Waals surface area (Å²) in [6, 6.07) is 11.4. The predicted octanol–water partition coefficient (Wildman–Crippen LogP) is 3.25. The summed E-state index contributed by atoms with van der Waals surface area (Å²) in [4.78, 5) is 39.2. The maximum atomic E-state index is 13.3. The Morgan fingerprint density at radius 2 is 1.87 bits per heavy atom. The third kappa shape index (κ3) is 5.92. The number of rotatable bonds is 5. The number of likely N-dealkylation sites (tertiary alicyclic amines) is 1. The molecular formula is C27H34ClN9O2. The van der Waals surface area contributed by atoms with Gasteiger partial charge in [0, 0.05) is 75.2 Å². The van der Waals surface area contributed by atoms with Crippen molar-refractivity contribution in [1.82, 2.24) is 24.8 Å². The molecule has 2 aliphatic rings. The van der Waals surface area contributed by atoms with Gasteiger partial charge in [-0.1, -0.05) is 6.92 Å². The summed E-state index contributed by atoms with van der Waals surface area (Å²) in [7, 11) is 1.74. The molecule has 2 aromatic heterocycles. The SMILES string of the molecule is CNc1nc([C@H]2CN(C(=O)CC#N)CC[C@H]2C)c2ccn(C(=O)Nc3ccc(N4CCNCC4)cc3)c2n1.Cl. The Balaban J connectivity index is 0.00000353. The van der Waals surface area contributed by atoms with Gasteiger partial charge >= 0.3 is 6.03 Å². The molecule has 206 valence electrons. The van der Waals surface area contributed by atoms with Gasteiger partial charge in [-0.2, -0.15) is 10.2 Å². The molecule has 5 rings (SSSR count). The third-order valence-corrected chi connectivity index (χ3v) is 7.51. The Morgan fingerprint density at radius 1 is 1.13 bits per heavy atom. The Labute approximate surface area is 234 Å². The van der Waals surface area contributed by atoms with Crippen LogP contribution in [0.4, 0.5) is 22.1 Å². The topological polar surface area (TPSA) is 131 Å². The third-order valence-electron chi connectivity index (χ3n) is 7.51. The van der Waals surface area contributed by atoms with Crippen molar-refractivity contribution >= 4 is 52.7 Å². The minimum Gasteiger partial charge on any atom is -0.369 e. The Kier molecular flexibility index (Phi) is 8.89. The molecule has 0 bridgehead atoms. The minimum absolute atomic E-state index is 0. The molecule has 1 aromatic carbocycles. The second-order valence-electron chi connectivity index (χ2n) is 9.87. The van der Waals surface area contributed by atoms with Gasteiger partial charge in [0.1, 0.15) is 6.42 Å². The van der Waals surface area contributed by atoms with Gasteiger partial charge in [0.05, 0.1) is 11.8 Å². The molecule has 0 aliphatic carbocycles. The van der Waals surface area contributed by atoms with Crippen molar-refractivity contribution in [2.24, 2.45) is 5.92 Å². The zero-order valence-corrected chi connectivity index (χ0v) is 23.0. The molecule has 0 saturated carbocycles. The lowest BCUT2D eigenvalue weighted by Crippen LogP contribution is -2.43. The standard InChI is InChI=1S/C27H33N9O2.ClH/c1-18-8-13-35(23(37)7-10-28)17-22(18)24-21-9-14-36(25(21)33-26(29-2)32-24)27(38)31-19-3-5-20(6-4-19)34-15-11-30-12-16-34;/h3-6,9,14,18,22,30H,7-8,11-13,15-17H2,1-2H3,(H,31,38)(H,29,32,33);1H/t18-,22+;/m1./s1. The predicted molar refractivity (Wildman–Crippen MR) is 154 cm³/mol. The molecule has 3 N–H and O–H groups in total. The lowest BCUT2D eigenvalue weighted by atomic mass is 9.83. The maximum Gasteiger partial charge on any atom is 0.331 e. The summed E-state index contributed by atoms with van der Waals surface area (Å²) in [5, 5.41) is 19.1. The average Bonchev–Trinajstić information content (AvgIpc) is 3.38. The quantitative estimate of drug-likeness (QED) is 0.440. The molecule has 12 heteroatoms. The molecule has 0 spiro atoms. The van der Waals surface area contributed by atoms with Crippen LogP contribution in [0.25, 0.3) is 11.0 Å². The number of carbonyl (C=O) groups is 2. The van der Waals surface area contributed by atoms with Gasteiger partial charge in [-0.3, -0.25) is 9.36 Å². The molecule has 0 radical (unpaired) electrons. The van der Waals surface area contributed by atoms with Gasteiger partial charge in [0.15, 0.2) is 5.65 Å². The van der Waals surface area contributed by atoms with Gasteiger partial charge in [-0.25, -0.2) is 9.78 Å². The number of hydrogen-bond donors (Lipinski definition) is 3. The van der Waals surface area contributed by atoms with Gasteiger partial charge < -0.3 is 25.8 Å². The monoisotopic (exact) mass is 551 g/mol. The highest BCUT2D eigenvalue weighted by Crippen LogP contribution is 2.36. The van der Waals surface area contributed by atoms with E-state index in [9.17, 15) is 9.59 Å². The Bertz CT molecular complexity index is 1360. The number of piperazine rings is 1. The number of anilines is 3. The van der Waals surface area contributed by atoms with Crippen molar-refractivity contribution in [3.8, 4) is 6.07 Å². The Hall–Kier alpha value is -3.88. The second-order valence-corrected chi connectivity index (χ2v) is 9.87. The lowest BCUT2D eigenvalue weighted by Gasteiger charge is -2.36. The van der Waals surface area contributed by atoms with Gasteiger partial charge in [0.2, 0.25) is 11.9 Å². The maximum absolute atomic E-state index is 13.3. The van der Waals surface area contributed by atoms with Crippen LogP contribution in [0.15, 0.2) is 36.5 Å². The number of benzene rings is 1. The lowest BCUT2D eigenvalue weighted by molar-refractivity contribution is -0.131. The first-order valence-electron chi connectivity index (χ1n) is 13.1. The molecule has 39 heavy (non-hydrogen) atoms. The number of nitrogens with zero attached hydrogens (tertiary/aromatic N) is 6. The van der Waals surface area contributed by atoms with Gasteiger partial charge in [0.25, 0.3) is 0 Å². The van der Waals surface area contributed by atoms with Crippen LogP contribution >= 0.6 is 12.4 Å². The number of nitriles is 1. The van der Waals surface area contributed by atoms with Crippen molar-refractivity contribution in [2.75, 3.05) is 61.8 Å². The molecule has 0 unspecified atom stereocenters. The largest absolute Gasteiger partial charge is 0.369 e. The number of halogens is 1. The van der Waals surface area contributed by atoms with Crippen molar-refractivity contribution in [3.63, 3.8) is 0 Å². The first-order valence-corrected chi connectivity index (χ1v) is 13.1. The first-order chi connectivity index (χ1) is 18.5. The van der Waals surface area contributed by atoms with Crippen LogP contribution in [0.3, 0.4) is 0 Å². The zero-order valence-electron chi connectivity index (χ0n) is 22.2. The molecule has 2 atom stereocenters. The zero-order chi connectivity index (χ0) is 26.6. The van der Waals surface area contributed by atoms with Gasteiger partial charge in [-0.05, 0) is 42.7 Å². The van der Waals surface area contributed by atoms with Crippen LogP contribution in [-0.2, 0) is 4.79 Å². The highest BCUT2D eigenvalue weighted by Gasteiger charge is 2.33. The van der Waals surface area contributed by atoms with Gasteiger partial charge in [-0.15, -0.1) is 12.4 Å². The van der Waals surface area contributed by atoms with E-state index in [4.69, 9.17) is 10.2 Å². The summed E-state index contributed by atoms with van der Waals surface area (Å²) in [5.41, 5.74) is 3.14. The first kappa shape index (κ1) is 28.1. The van der Waals surface area contributed by atoms with E-state index in [0.717, 1.165) is 49.4 Å². The summed E-state index contributed by atoms with van der Waals surface area (Å²) in [6.45, 7) is 7.10. The minimum atomic E-state index is -0.316. The molecule has 4 heterocycles. The smallest absolute Gasteiger partial charge is 0.331 e. The van der Waals surface area contributed by atoms with Crippen molar-refractivity contribution in [3.05, 3.63) is 42.2 Å². The number of carbonyl (C=O) groups excluding carboxylic acids is 2.